The van der Waals surface area contributed by atoms with E-state index >= 15 is 0 Å². The molecule has 142 valence electrons. The first-order valence-corrected chi connectivity index (χ1v) is 9.39. The highest BCUT2D eigenvalue weighted by Gasteiger charge is 2.23. The van der Waals surface area contributed by atoms with Crippen LogP contribution < -0.4 is 5.32 Å². The van der Waals surface area contributed by atoms with Crippen molar-refractivity contribution in [2.45, 2.75) is 38.6 Å². The number of amides is 1. The van der Waals surface area contributed by atoms with Crippen LogP contribution in [0.5, 0.6) is 5.75 Å². The van der Waals surface area contributed by atoms with Crippen LogP contribution >= 0.6 is 0 Å². The molecule has 1 saturated carbocycles. The lowest BCUT2D eigenvalue weighted by Crippen LogP contribution is -2.42. The van der Waals surface area contributed by atoms with E-state index in [4.69, 9.17) is 4.74 Å². The Labute approximate surface area is 159 Å². The van der Waals surface area contributed by atoms with Gasteiger partial charge in [0.05, 0.1) is 5.56 Å². The number of carbonyl (C=O) groups excluding carboxylic acids is 2. The Hall–Kier alpha value is -2.82. The van der Waals surface area contributed by atoms with Crippen LogP contribution in [0, 0.1) is 5.92 Å². The van der Waals surface area contributed by atoms with Gasteiger partial charge in [-0.05, 0) is 54.2 Å². The zero-order valence-corrected chi connectivity index (χ0v) is 15.5. The van der Waals surface area contributed by atoms with Crippen LogP contribution in [-0.4, -0.2) is 29.6 Å². The van der Waals surface area contributed by atoms with Crippen molar-refractivity contribution in [2.75, 3.05) is 6.61 Å². The number of hydrogen-bond acceptors (Lipinski definition) is 4. The third kappa shape index (κ3) is 5.09. The maximum absolute atomic E-state index is 12.2. The molecule has 2 aromatic carbocycles. The Balaban J connectivity index is 1.52. The van der Waals surface area contributed by atoms with Crippen molar-refractivity contribution in [3.05, 3.63) is 54.1 Å². The van der Waals surface area contributed by atoms with E-state index in [2.05, 4.69) is 12.2 Å². The molecule has 0 aromatic heterocycles. The number of benzene rings is 2. The molecule has 5 heteroatoms. The van der Waals surface area contributed by atoms with Crippen LogP contribution in [0.25, 0.3) is 11.1 Å². The van der Waals surface area contributed by atoms with Crippen molar-refractivity contribution < 1.29 is 19.4 Å². The van der Waals surface area contributed by atoms with Gasteiger partial charge in [0.2, 0.25) is 0 Å². The van der Waals surface area contributed by atoms with Gasteiger partial charge in [0.1, 0.15) is 5.75 Å². The van der Waals surface area contributed by atoms with Gasteiger partial charge in [-0.3, -0.25) is 4.79 Å². The molecule has 0 aliphatic heterocycles. The van der Waals surface area contributed by atoms with E-state index in [9.17, 15) is 14.7 Å². The molecule has 5 nitrogen and oxygen atoms in total. The summed E-state index contributed by atoms with van der Waals surface area (Å²) in [5.41, 5.74) is 2.26. The molecule has 27 heavy (non-hydrogen) atoms. The minimum Gasteiger partial charge on any atom is -0.508 e. The second kappa shape index (κ2) is 8.71. The number of ether oxygens (including phenoxy) is 1. The summed E-state index contributed by atoms with van der Waals surface area (Å²) in [6.07, 6.45) is 4.45. The number of rotatable bonds is 5. The Kier molecular flexibility index (Phi) is 6.12. The van der Waals surface area contributed by atoms with Crippen molar-refractivity contribution in [3.8, 4) is 16.9 Å². The van der Waals surface area contributed by atoms with Crippen LogP contribution in [0.2, 0.25) is 0 Å². The van der Waals surface area contributed by atoms with E-state index in [0.717, 1.165) is 30.4 Å². The largest absolute Gasteiger partial charge is 0.508 e. The second-order valence-electron chi connectivity index (χ2n) is 7.14. The SMILES string of the molecule is C[C@@H]1CCCC[C@H]1NC(=O)COC(=O)c1ccc(-c2ccc(O)cc2)cc1. The predicted molar refractivity (Wildman–Crippen MR) is 103 cm³/mol. The van der Waals surface area contributed by atoms with E-state index in [1.807, 2.05) is 12.1 Å². The molecule has 1 aliphatic rings. The number of phenols is 1. The molecule has 3 rings (SSSR count). The molecule has 0 heterocycles. The first-order chi connectivity index (χ1) is 13.0. The zero-order valence-electron chi connectivity index (χ0n) is 15.5. The van der Waals surface area contributed by atoms with Gasteiger partial charge in [0.25, 0.3) is 5.91 Å². The van der Waals surface area contributed by atoms with Crippen molar-refractivity contribution in [1.29, 1.82) is 0 Å². The van der Waals surface area contributed by atoms with E-state index < -0.39 is 5.97 Å². The van der Waals surface area contributed by atoms with Crippen molar-refractivity contribution in [3.63, 3.8) is 0 Å². The Morgan fingerprint density at radius 2 is 1.59 bits per heavy atom. The van der Waals surface area contributed by atoms with Gasteiger partial charge in [-0.15, -0.1) is 0 Å². The van der Waals surface area contributed by atoms with Gasteiger partial charge in [0, 0.05) is 6.04 Å². The smallest absolute Gasteiger partial charge is 0.338 e. The zero-order chi connectivity index (χ0) is 19.2. The fourth-order valence-electron chi connectivity index (χ4n) is 3.45. The summed E-state index contributed by atoms with van der Waals surface area (Å²) in [4.78, 5) is 24.2. The molecule has 0 unspecified atom stereocenters. The number of phenolic OH excluding ortho intramolecular Hbond substituents is 1. The number of esters is 1. The quantitative estimate of drug-likeness (QED) is 0.786. The average Bonchev–Trinajstić information content (AvgIpc) is 2.69. The van der Waals surface area contributed by atoms with Gasteiger partial charge in [-0.2, -0.15) is 0 Å². The Morgan fingerprint density at radius 1 is 1.00 bits per heavy atom. The highest BCUT2D eigenvalue weighted by molar-refractivity contribution is 5.91. The van der Waals surface area contributed by atoms with Crippen LogP contribution in [0.4, 0.5) is 0 Å². The fourth-order valence-corrected chi connectivity index (χ4v) is 3.45. The van der Waals surface area contributed by atoms with Gasteiger partial charge < -0.3 is 15.2 Å². The van der Waals surface area contributed by atoms with Crippen molar-refractivity contribution >= 4 is 11.9 Å². The summed E-state index contributed by atoms with van der Waals surface area (Å²) < 4.78 is 5.14. The summed E-state index contributed by atoms with van der Waals surface area (Å²) in [6.45, 7) is 1.88. The number of carbonyl (C=O) groups is 2. The summed E-state index contributed by atoms with van der Waals surface area (Å²) in [6, 6.07) is 14.0. The molecule has 0 saturated heterocycles. The molecular weight excluding hydrogens is 342 g/mol. The molecule has 1 aliphatic carbocycles. The predicted octanol–water partition coefficient (Wildman–Crippen LogP) is 3.91. The summed E-state index contributed by atoms with van der Waals surface area (Å²) in [5.74, 6) is -0.0902. The fraction of sp³-hybridized carbons (Fsp3) is 0.364. The van der Waals surface area contributed by atoms with E-state index in [-0.39, 0.29) is 24.3 Å². The van der Waals surface area contributed by atoms with Gasteiger partial charge >= 0.3 is 5.97 Å². The molecule has 1 fully saturated rings. The second-order valence-corrected chi connectivity index (χ2v) is 7.14. The van der Waals surface area contributed by atoms with E-state index in [0.29, 0.717) is 11.5 Å². The highest BCUT2D eigenvalue weighted by Crippen LogP contribution is 2.24. The topological polar surface area (TPSA) is 75.6 Å². The van der Waals surface area contributed by atoms with Gasteiger partial charge in [-0.1, -0.05) is 44.0 Å². The molecule has 1 amide bonds. The lowest BCUT2D eigenvalue weighted by Gasteiger charge is -2.29. The van der Waals surface area contributed by atoms with Crippen LogP contribution in [-0.2, 0) is 9.53 Å². The van der Waals surface area contributed by atoms with Crippen LogP contribution in [0.1, 0.15) is 43.0 Å². The highest BCUT2D eigenvalue weighted by atomic mass is 16.5. The standard InChI is InChI=1S/C22H25NO4/c1-15-4-2-3-5-20(15)23-21(25)14-27-22(26)18-8-6-16(7-9-18)17-10-12-19(24)13-11-17/h6-13,15,20,24H,2-5,14H2,1H3,(H,23,25)/t15-,20-/m1/s1. The lowest BCUT2D eigenvalue weighted by molar-refractivity contribution is -0.125. The maximum atomic E-state index is 12.2. The lowest BCUT2D eigenvalue weighted by atomic mass is 9.86. The van der Waals surface area contributed by atoms with Gasteiger partial charge in [0.15, 0.2) is 6.61 Å². The minimum absolute atomic E-state index is 0.176. The molecule has 2 atom stereocenters. The molecule has 2 aromatic rings. The van der Waals surface area contributed by atoms with E-state index in [1.54, 1.807) is 36.4 Å². The number of aromatic hydroxyl groups is 1. The number of nitrogens with one attached hydrogen (secondary N) is 1. The average molecular weight is 367 g/mol. The van der Waals surface area contributed by atoms with Crippen LogP contribution in [0.15, 0.2) is 48.5 Å². The monoisotopic (exact) mass is 367 g/mol. The normalized spacial score (nSPS) is 19.3. The Bertz CT molecular complexity index is 783. The Morgan fingerprint density at radius 3 is 2.22 bits per heavy atom. The van der Waals surface area contributed by atoms with E-state index in [1.165, 1.54) is 6.42 Å². The maximum Gasteiger partial charge on any atom is 0.338 e. The summed E-state index contributed by atoms with van der Waals surface area (Å²) in [7, 11) is 0. The third-order valence-corrected chi connectivity index (χ3v) is 5.11. The molecule has 0 spiro atoms. The minimum atomic E-state index is -0.515. The van der Waals surface area contributed by atoms with Crippen LogP contribution in [0.3, 0.4) is 0 Å². The van der Waals surface area contributed by atoms with Gasteiger partial charge in [-0.25, -0.2) is 4.79 Å². The first-order valence-electron chi connectivity index (χ1n) is 9.39. The number of hydrogen-bond donors (Lipinski definition) is 2. The molecule has 2 N–H and O–H groups in total. The molecular formula is C22H25NO4. The van der Waals surface area contributed by atoms with Crippen molar-refractivity contribution in [1.82, 2.24) is 5.32 Å². The molecule has 0 bridgehead atoms. The first kappa shape index (κ1) is 19.0. The summed E-state index contributed by atoms with van der Waals surface area (Å²) >= 11 is 0. The third-order valence-electron chi connectivity index (χ3n) is 5.11. The van der Waals surface area contributed by atoms with Crippen molar-refractivity contribution in [2.24, 2.45) is 5.92 Å². The summed E-state index contributed by atoms with van der Waals surface area (Å²) in [5, 5.41) is 12.3. The molecule has 0 radical (unpaired) electrons.